The van der Waals surface area contributed by atoms with E-state index in [0.717, 1.165) is 0 Å². The minimum absolute atomic E-state index is 0. The van der Waals surface area contributed by atoms with Crippen molar-refractivity contribution < 1.29 is 94.0 Å². The average Bonchev–Trinajstić information content (AvgIpc) is 3.40. The Balaban J connectivity index is 0.00000541. The first-order chi connectivity index (χ1) is 24.9. The Morgan fingerprint density at radius 3 is 1.89 bits per heavy atom. The predicted molar refractivity (Wildman–Crippen MR) is 209 cm³/mol. The van der Waals surface area contributed by atoms with Gasteiger partial charge in [0.15, 0.2) is 5.71 Å². The van der Waals surface area contributed by atoms with Gasteiger partial charge < -0.3 is 17.1 Å². The summed E-state index contributed by atoms with van der Waals surface area (Å²) in [6, 6.07) is 8.26. The molecule has 15 nitrogen and oxygen atoms in total. The van der Waals surface area contributed by atoms with E-state index in [4.69, 9.17) is 0 Å². The van der Waals surface area contributed by atoms with Gasteiger partial charge in [0.2, 0.25) is 5.69 Å². The van der Waals surface area contributed by atoms with E-state index in [1.165, 1.54) is 36.4 Å². The van der Waals surface area contributed by atoms with E-state index in [1.807, 2.05) is 36.5 Å². The Morgan fingerprint density at radius 1 is 0.750 bits per heavy atom. The number of rotatable bonds is 18. The molecule has 2 aliphatic rings. The maximum atomic E-state index is 12.1. The summed E-state index contributed by atoms with van der Waals surface area (Å²) in [5.74, 6) is -1.03. The van der Waals surface area contributed by atoms with Crippen molar-refractivity contribution in [3.63, 3.8) is 0 Å². The molecule has 0 saturated carbocycles. The number of hydrogen-bond acceptors (Lipinski definition) is 10. The molecule has 1 radical (unpaired) electrons. The molecule has 2 aromatic carbocycles. The van der Waals surface area contributed by atoms with E-state index in [9.17, 15) is 56.7 Å². The summed E-state index contributed by atoms with van der Waals surface area (Å²) in [5, 5.41) is 0. The standard InChI is InChI=1S/C35H44N2O13S4.CH3.Y/c1-34(2)28-24-26(53(45,46)47)14-16-30(28)36(19-10-22-51(39,40)41)32(34)12-6-4-7-13-33-35(3,18-8-5-9-21-38)29-25-27(54(48,49)50)15-17-31(29)37(33)20-11-23-52(42,43)44;;/h4,6-7,12-17,24-25H,5,8-11,18-20,22-23H2,1-3H3,(H,39,40,41)(H,42,43,44)(H,45,46,47)(H,48,49,50);1H3;/q;-1;. The Hall–Kier alpha value is -2.46. The number of anilines is 1. The van der Waals surface area contributed by atoms with Crippen molar-refractivity contribution >= 4 is 63.8 Å². The largest absolute Gasteiger partial charge is 0.542 e. The smallest absolute Gasteiger partial charge is 0.294 e. The number of unbranched alkanes of at least 4 members (excludes halogenated alkanes) is 2. The molecule has 0 aliphatic carbocycles. The van der Waals surface area contributed by atoms with Crippen LogP contribution in [0.4, 0.5) is 11.4 Å². The second-order valence-electron chi connectivity index (χ2n) is 13.9. The number of allylic oxidation sites excluding steroid dienone is 6. The minimum atomic E-state index is -4.58. The Morgan fingerprint density at radius 2 is 1.32 bits per heavy atom. The van der Waals surface area contributed by atoms with Crippen LogP contribution in [0.15, 0.2) is 82.3 Å². The fourth-order valence-corrected chi connectivity index (χ4v) is 9.10. The van der Waals surface area contributed by atoms with Crippen LogP contribution >= 0.6 is 0 Å². The van der Waals surface area contributed by atoms with Crippen molar-refractivity contribution in [1.29, 1.82) is 0 Å². The zero-order chi connectivity index (χ0) is 40.3. The van der Waals surface area contributed by atoms with Crippen molar-refractivity contribution in [2.45, 2.75) is 79.9 Å². The Kier molecular flexibility index (Phi) is 16.9. The number of carbonyl (C=O) groups excluding carboxylic acids is 1. The van der Waals surface area contributed by atoms with Crippen molar-refractivity contribution in [1.82, 2.24) is 0 Å². The Labute approximate surface area is 355 Å². The third-order valence-corrected chi connectivity index (χ3v) is 13.0. The number of nitrogens with zero attached hydrogens (tertiary/aromatic N) is 2. The molecule has 2 heterocycles. The SMILES string of the molecule is CC1(C)C(/C=C/C=C/C=C2/N(CCCS(=O)(=O)O)c3ccc(S(=O)(=O)O)cc3C2(C)CCCC[C-]=O)=[N+](CCCS(=O)(=O)O)c2ccc(S(=O)(=O)O)cc21.[CH3-].[Y]. The first-order valence-corrected chi connectivity index (χ1v) is 23.0. The maximum absolute atomic E-state index is 12.1. The number of fused-ring (bicyclic) bond motifs is 2. The van der Waals surface area contributed by atoms with Gasteiger partial charge in [0.05, 0.1) is 26.7 Å². The van der Waals surface area contributed by atoms with Crippen LogP contribution in [0.5, 0.6) is 0 Å². The summed E-state index contributed by atoms with van der Waals surface area (Å²) in [7, 11) is -17.6. The van der Waals surface area contributed by atoms with Crippen molar-refractivity contribution in [2.75, 3.05) is 29.5 Å². The molecule has 0 aromatic heterocycles. The van der Waals surface area contributed by atoms with Crippen LogP contribution < -0.4 is 4.90 Å². The third-order valence-electron chi connectivity index (χ3n) is 9.67. The second-order valence-corrected chi connectivity index (χ2v) is 19.9. The van der Waals surface area contributed by atoms with Gasteiger partial charge in [-0.05, 0) is 75.6 Å². The Bertz CT molecular complexity index is 2370. The van der Waals surface area contributed by atoms with Crippen LogP contribution in [0.25, 0.3) is 0 Å². The van der Waals surface area contributed by atoms with Gasteiger partial charge in [0.1, 0.15) is 6.54 Å². The van der Waals surface area contributed by atoms with E-state index in [2.05, 4.69) is 0 Å². The molecule has 20 heteroatoms. The van der Waals surface area contributed by atoms with Gasteiger partial charge in [-0.25, -0.2) is 0 Å². The average molecular weight is 933 g/mol. The van der Waals surface area contributed by atoms with Crippen LogP contribution in [0, 0.1) is 7.43 Å². The van der Waals surface area contributed by atoms with Crippen molar-refractivity contribution in [3.8, 4) is 0 Å². The van der Waals surface area contributed by atoms with Gasteiger partial charge in [-0.15, -0.1) is 0 Å². The summed E-state index contributed by atoms with van der Waals surface area (Å²) < 4.78 is 134. The second kappa shape index (κ2) is 19.1. The van der Waals surface area contributed by atoms with E-state index < -0.39 is 62.8 Å². The van der Waals surface area contributed by atoms with Gasteiger partial charge in [0, 0.05) is 80.2 Å². The fraction of sp³-hybridized carbons (Fsp3) is 0.417. The molecule has 0 saturated heterocycles. The summed E-state index contributed by atoms with van der Waals surface area (Å²) in [5.41, 5.74) is 1.90. The van der Waals surface area contributed by atoms with Gasteiger partial charge in [-0.2, -0.15) is 44.7 Å². The molecule has 56 heavy (non-hydrogen) atoms. The quantitative estimate of drug-likeness (QED) is 0.0506. The van der Waals surface area contributed by atoms with Gasteiger partial charge in [-0.3, -0.25) is 24.5 Å². The van der Waals surface area contributed by atoms with E-state index in [-0.39, 0.29) is 82.3 Å². The maximum Gasteiger partial charge on any atom is 0.294 e. The van der Waals surface area contributed by atoms with Crippen molar-refractivity contribution in [2.24, 2.45) is 0 Å². The molecule has 0 fully saturated rings. The summed E-state index contributed by atoms with van der Waals surface area (Å²) in [4.78, 5) is 12.1. The zero-order valence-corrected chi connectivity index (χ0v) is 37.6. The van der Waals surface area contributed by atoms with Gasteiger partial charge in [-0.1, -0.05) is 31.1 Å². The molecule has 0 bridgehead atoms. The predicted octanol–water partition coefficient (Wildman–Crippen LogP) is 5.00. The monoisotopic (exact) mass is 932 g/mol. The van der Waals surface area contributed by atoms with Crippen LogP contribution in [0.2, 0.25) is 0 Å². The van der Waals surface area contributed by atoms with Gasteiger partial charge in [0.25, 0.3) is 40.5 Å². The molecular weight excluding hydrogens is 886 g/mol. The molecule has 4 rings (SSSR count). The molecule has 0 spiro atoms. The minimum Gasteiger partial charge on any atom is -0.542 e. The number of benzene rings is 2. The molecule has 1 atom stereocenters. The van der Waals surface area contributed by atoms with Crippen LogP contribution in [-0.4, -0.2) is 93.1 Å². The number of hydrogen-bond donors (Lipinski definition) is 4. The summed E-state index contributed by atoms with van der Waals surface area (Å²) >= 11 is 0. The zero-order valence-electron chi connectivity index (χ0n) is 31.5. The molecule has 307 valence electrons. The topological polar surface area (TPSA) is 241 Å². The molecular formula is C36H47N2O13S4Y-. The van der Waals surface area contributed by atoms with Crippen LogP contribution in [-0.2, 0) is 88.8 Å². The molecule has 2 aromatic rings. The summed E-state index contributed by atoms with van der Waals surface area (Å²) in [6.45, 7) is 5.82. The van der Waals surface area contributed by atoms with Crippen LogP contribution in [0.1, 0.15) is 70.4 Å². The van der Waals surface area contributed by atoms with E-state index in [1.54, 1.807) is 30.4 Å². The van der Waals surface area contributed by atoms with E-state index >= 15 is 0 Å². The summed E-state index contributed by atoms with van der Waals surface area (Å²) in [6.07, 6.45) is 12.3. The molecule has 2 aliphatic heterocycles. The third kappa shape index (κ3) is 12.0. The van der Waals surface area contributed by atoms with Gasteiger partial charge >= 0.3 is 0 Å². The molecule has 0 amide bonds. The van der Waals surface area contributed by atoms with Crippen LogP contribution in [0.3, 0.4) is 0 Å². The molecule has 4 N–H and O–H groups in total. The first kappa shape index (κ1) is 49.7. The fourth-order valence-electron chi connectivity index (χ4n) is 7.10. The van der Waals surface area contributed by atoms with Crippen molar-refractivity contribution in [3.05, 3.63) is 91.0 Å². The normalized spacial score (nSPS) is 19.0. The first-order valence-electron chi connectivity index (χ1n) is 16.9. The molecule has 1 unspecified atom stereocenters. The van der Waals surface area contributed by atoms with E-state index in [0.29, 0.717) is 53.2 Å².